The standard InChI is InChI=1S/C10H13NO/c1-12-10-7-6-8-4-2-3-5-9(8)11-10/h6-7H,2-5H2,1H3. The van der Waals surface area contributed by atoms with Crippen LogP contribution in [0.4, 0.5) is 0 Å². The van der Waals surface area contributed by atoms with Gasteiger partial charge >= 0.3 is 0 Å². The van der Waals surface area contributed by atoms with E-state index in [1.165, 1.54) is 30.5 Å². The van der Waals surface area contributed by atoms with E-state index in [1.54, 1.807) is 7.11 Å². The molecular weight excluding hydrogens is 150 g/mol. The van der Waals surface area contributed by atoms with Gasteiger partial charge in [0.05, 0.1) is 7.11 Å². The van der Waals surface area contributed by atoms with E-state index in [1.807, 2.05) is 6.07 Å². The van der Waals surface area contributed by atoms with Crippen LogP contribution in [0.3, 0.4) is 0 Å². The second kappa shape index (κ2) is 3.13. The summed E-state index contributed by atoms with van der Waals surface area (Å²) in [6, 6.07) is 4.09. The number of ether oxygens (including phenoxy) is 1. The third-order valence-corrected chi connectivity index (χ3v) is 2.36. The van der Waals surface area contributed by atoms with Crippen molar-refractivity contribution in [3.8, 4) is 5.88 Å². The molecule has 2 heteroatoms. The van der Waals surface area contributed by atoms with Crippen LogP contribution in [0.25, 0.3) is 0 Å². The average Bonchev–Trinajstić information content (AvgIpc) is 2.17. The summed E-state index contributed by atoms with van der Waals surface area (Å²) in [5, 5.41) is 0. The first-order valence-corrected chi connectivity index (χ1v) is 4.43. The van der Waals surface area contributed by atoms with Crippen molar-refractivity contribution in [1.29, 1.82) is 0 Å². The third-order valence-electron chi connectivity index (χ3n) is 2.36. The quantitative estimate of drug-likeness (QED) is 0.631. The zero-order valence-corrected chi connectivity index (χ0v) is 7.34. The average molecular weight is 163 g/mol. The molecule has 1 heterocycles. The Labute approximate surface area is 72.6 Å². The predicted octanol–water partition coefficient (Wildman–Crippen LogP) is 1.97. The zero-order valence-electron chi connectivity index (χ0n) is 7.34. The summed E-state index contributed by atoms with van der Waals surface area (Å²) in [6.07, 6.45) is 4.88. The highest BCUT2D eigenvalue weighted by atomic mass is 16.5. The molecule has 0 unspecified atom stereocenters. The van der Waals surface area contributed by atoms with Crippen molar-refractivity contribution in [3.05, 3.63) is 23.4 Å². The monoisotopic (exact) mass is 163 g/mol. The number of pyridine rings is 1. The Morgan fingerprint density at radius 2 is 2.08 bits per heavy atom. The molecule has 0 aliphatic heterocycles. The van der Waals surface area contributed by atoms with Crippen molar-refractivity contribution in [1.82, 2.24) is 4.98 Å². The second-order valence-electron chi connectivity index (χ2n) is 3.17. The van der Waals surface area contributed by atoms with Crippen molar-refractivity contribution in [2.75, 3.05) is 7.11 Å². The van der Waals surface area contributed by atoms with E-state index in [2.05, 4.69) is 11.1 Å². The first kappa shape index (κ1) is 7.59. The highest BCUT2D eigenvalue weighted by molar-refractivity contribution is 5.27. The van der Waals surface area contributed by atoms with E-state index >= 15 is 0 Å². The van der Waals surface area contributed by atoms with Crippen LogP contribution in [0.15, 0.2) is 12.1 Å². The Hall–Kier alpha value is -1.05. The number of hydrogen-bond acceptors (Lipinski definition) is 2. The summed E-state index contributed by atoms with van der Waals surface area (Å²) >= 11 is 0. The lowest BCUT2D eigenvalue weighted by atomic mass is 9.96. The van der Waals surface area contributed by atoms with Gasteiger partial charge < -0.3 is 4.74 Å². The fourth-order valence-electron chi connectivity index (χ4n) is 1.68. The molecule has 0 fully saturated rings. The van der Waals surface area contributed by atoms with Gasteiger partial charge in [0.25, 0.3) is 0 Å². The summed E-state index contributed by atoms with van der Waals surface area (Å²) in [4.78, 5) is 4.41. The summed E-state index contributed by atoms with van der Waals surface area (Å²) < 4.78 is 5.07. The number of rotatable bonds is 1. The first-order chi connectivity index (χ1) is 5.90. The molecule has 1 aliphatic rings. The largest absolute Gasteiger partial charge is 0.481 e. The van der Waals surface area contributed by atoms with E-state index in [4.69, 9.17) is 4.74 Å². The molecule has 0 radical (unpaired) electrons. The van der Waals surface area contributed by atoms with Gasteiger partial charge in [0.2, 0.25) is 5.88 Å². The van der Waals surface area contributed by atoms with E-state index in [0.29, 0.717) is 0 Å². The minimum Gasteiger partial charge on any atom is -0.481 e. The van der Waals surface area contributed by atoms with Crippen molar-refractivity contribution in [2.24, 2.45) is 0 Å². The fourth-order valence-corrected chi connectivity index (χ4v) is 1.68. The second-order valence-corrected chi connectivity index (χ2v) is 3.17. The maximum Gasteiger partial charge on any atom is 0.213 e. The van der Waals surface area contributed by atoms with Crippen molar-refractivity contribution < 1.29 is 4.74 Å². The van der Waals surface area contributed by atoms with Crippen molar-refractivity contribution in [2.45, 2.75) is 25.7 Å². The van der Waals surface area contributed by atoms with Crippen LogP contribution in [0, 0.1) is 0 Å². The van der Waals surface area contributed by atoms with Gasteiger partial charge in [-0.2, -0.15) is 0 Å². The van der Waals surface area contributed by atoms with Crippen LogP contribution in [0.5, 0.6) is 5.88 Å². The number of fused-ring (bicyclic) bond motifs is 1. The van der Waals surface area contributed by atoms with Gasteiger partial charge in [0.15, 0.2) is 0 Å². The lowest BCUT2D eigenvalue weighted by Crippen LogP contribution is -2.05. The lowest BCUT2D eigenvalue weighted by Gasteiger charge is -2.14. The molecule has 64 valence electrons. The zero-order chi connectivity index (χ0) is 8.39. The molecule has 0 N–H and O–H groups in total. The van der Waals surface area contributed by atoms with Crippen molar-refractivity contribution in [3.63, 3.8) is 0 Å². The van der Waals surface area contributed by atoms with Crippen LogP contribution in [0.2, 0.25) is 0 Å². The minimum atomic E-state index is 0.746. The molecule has 12 heavy (non-hydrogen) atoms. The van der Waals surface area contributed by atoms with Crippen LogP contribution in [0.1, 0.15) is 24.1 Å². The van der Waals surface area contributed by atoms with E-state index in [0.717, 1.165) is 12.3 Å². The van der Waals surface area contributed by atoms with Crippen molar-refractivity contribution >= 4 is 0 Å². The molecule has 1 aliphatic carbocycles. The number of aromatic nitrogens is 1. The molecule has 0 bridgehead atoms. The van der Waals surface area contributed by atoms with Gasteiger partial charge in [-0.3, -0.25) is 0 Å². The van der Waals surface area contributed by atoms with Gasteiger partial charge in [0.1, 0.15) is 0 Å². The normalized spacial score (nSPS) is 15.4. The molecule has 0 amide bonds. The topological polar surface area (TPSA) is 22.1 Å². The summed E-state index contributed by atoms with van der Waals surface area (Å²) in [6.45, 7) is 0. The molecule has 0 saturated heterocycles. The lowest BCUT2D eigenvalue weighted by molar-refractivity contribution is 0.395. The Morgan fingerprint density at radius 1 is 1.25 bits per heavy atom. The van der Waals surface area contributed by atoms with Crippen LogP contribution in [-0.2, 0) is 12.8 Å². The van der Waals surface area contributed by atoms with Gasteiger partial charge in [0, 0.05) is 11.8 Å². The molecule has 0 atom stereocenters. The predicted molar refractivity (Wildman–Crippen MR) is 47.4 cm³/mol. The van der Waals surface area contributed by atoms with Gasteiger partial charge in [-0.1, -0.05) is 6.07 Å². The van der Waals surface area contributed by atoms with Gasteiger partial charge in [-0.05, 0) is 31.2 Å². The maximum atomic E-state index is 5.07. The smallest absolute Gasteiger partial charge is 0.213 e. The number of aryl methyl sites for hydroxylation is 2. The molecule has 0 saturated carbocycles. The molecule has 0 aromatic carbocycles. The number of hydrogen-bond donors (Lipinski definition) is 0. The highest BCUT2D eigenvalue weighted by Gasteiger charge is 2.10. The van der Waals surface area contributed by atoms with Crippen LogP contribution < -0.4 is 4.74 Å². The molecular formula is C10H13NO. The molecule has 0 spiro atoms. The van der Waals surface area contributed by atoms with Crippen LogP contribution in [-0.4, -0.2) is 12.1 Å². The number of nitrogens with zero attached hydrogens (tertiary/aromatic N) is 1. The van der Waals surface area contributed by atoms with Gasteiger partial charge in [-0.15, -0.1) is 0 Å². The number of methoxy groups -OCH3 is 1. The summed E-state index contributed by atoms with van der Waals surface area (Å²) in [5.41, 5.74) is 2.64. The summed E-state index contributed by atoms with van der Waals surface area (Å²) in [5.74, 6) is 0.746. The van der Waals surface area contributed by atoms with Gasteiger partial charge in [-0.25, -0.2) is 4.98 Å². The van der Waals surface area contributed by atoms with Crippen LogP contribution >= 0.6 is 0 Å². The van der Waals surface area contributed by atoms with E-state index < -0.39 is 0 Å². The Kier molecular flexibility index (Phi) is 1.98. The third kappa shape index (κ3) is 1.29. The SMILES string of the molecule is COc1ccc2c(n1)CCCC2. The first-order valence-electron chi connectivity index (χ1n) is 4.43. The Bertz CT molecular complexity index is 283. The summed E-state index contributed by atoms with van der Waals surface area (Å²) in [7, 11) is 1.66. The molecule has 2 nitrogen and oxygen atoms in total. The molecule has 2 rings (SSSR count). The molecule has 1 aromatic rings. The maximum absolute atomic E-state index is 5.07. The highest BCUT2D eigenvalue weighted by Crippen LogP contribution is 2.21. The molecule has 1 aromatic heterocycles. The minimum absolute atomic E-state index is 0.746. The van der Waals surface area contributed by atoms with E-state index in [9.17, 15) is 0 Å². The Morgan fingerprint density at radius 3 is 2.92 bits per heavy atom. The fraction of sp³-hybridized carbons (Fsp3) is 0.500. The Balaban J connectivity index is 2.36. The van der Waals surface area contributed by atoms with E-state index in [-0.39, 0.29) is 0 Å².